The number of H-pyrrole nitrogens is 1. The summed E-state index contributed by atoms with van der Waals surface area (Å²) in [6.07, 6.45) is 3.73. The van der Waals surface area contributed by atoms with Crippen molar-refractivity contribution >= 4 is 34.0 Å². The Bertz CT molecular complexity index is 1450. The molecule has 4 aromatic rings. The number of nitrogens with zero attached hydrogens (tertiary/aromatic N) is 3. The van der Waals surface area contributed by atoms with Crippen molar-refractivity contribution in [1.29, 1.82) is 0 Å². The van der Waals surface area contributed by atoms with Crippen molar-refractivity contribution in [3.63, 3.8) is 0 Å². The Morgan fingerprint density at radius 1 is 1.06 bits per heavy atom. The number of benzene rings is 2. The second-order valence-corrected chi connectivity index (χ2v) is 8.95. The zero-order chi connectivity index (χ0) is 25.2. The van der Waals surface area contributed by atoms with E-state index < -0.39 is 5.82 Å². The SMILES string of the molecule is COc1cc(Nc2nccc(Nc3cc4ccc(F)cc4[nH]c3=O)n2)ccc1OC1CC(N(C)C)C1. The molecule has 1 aliphatic rings. The monoisotopic (exact) mass is 490 g/mol. The predicted octanol–water partition coefficient (Wildman–Crippen LogP) is 4.42. The first-order valence-corrected chi connectivity index (χ1v) is 11.6. The van der Waals surface area contributed by atoms with Gasteiger partial charge in [-0.15, -0.1) is 0 Å². The van der Waals surface area contributed by atoms with Crippen LogP contribution in [0.15, 0.2) is 59.5 Å². The largest absolute Gasteiger partial charge is 0.493 e. The summed E-state index contributed by atoms with van der Waals surface area (Å²) in [6.45, 7) is 0. The number of aromatic nitrogens is 3. The molecule has 0 bridgehead atoms. The highest BCUT2D eigenvalue weighted by Crippen LogP contribution is 2.36. The number of fused-ring (bicyclic) bond motifs is 1. The molecule has 2 heterocycles. The van der Waals surface area contributed by atoms with Gasteiger partial charge in [0.05, 0.1) is 12.6 Å². The van der Waals surface area contributed by atoms with Crippen LogP contribution in [0, 0.1) is 5.82 Å². The first-order valence-electron chi connectivity index (χ1n) is 11.6. The second kappa shape index (κ2) is 9.82. The van der Waals surface area contributed by atoms with Crippen LogP contribution in [-0.2, 0) is 0 Å². The molecule has 1 aliphatic carbocycles. The van der Waals surface area contributed by atoms with Crippen LogP contribution in [0.5, 0.6) is 11.5 Å². The molecule has 1 fully saturated rings. The maximum absolute atomic E-state index is 13.4. The van der Waals surface area contributed by atoms with Crippen LogP contribution in [0.2, 0.25) is 0 Å². The van der Waals surface area contributed by atoms with Gasteiger partial charge in [-0.25, -0.2) is 9.37 Å². The van der Waals surface area contributed by atoms with E-state index in [2.05, 4.69) is 44.6 Å². The summed E-state index contributed by atoms with van der Waals surface area (Å²) in [7, 11) is 5.76. The molecule has 0 unspecified atom stereocenters. The first kappa shape index (κ1) is 23.6. The van der Waals surface area contributed by atoms with E-state index in [1.807, 2.05) is 18.2 Å². The van der Waals surface area contributed by atoms with Crippen molar-refractivity contribution < 1.29 is 13.9 Å². The normalized spacial score (nSPS) is 17.0. The number of aromatic amines is 1. The number of rotatable bonds is 8. The lowest BCUT2D eigenvalue weighted by Gasteiger charge is -2.39. The predicted molar refractivity (Wildman–Crippen MR) is 137 cm³/mol. The van der Waals surface area contributed by atoms with E-state index in [0.717, 1.165) is 18.5 Å². The average molecular weight is 491 g/mol. The van der Waals surface area contributed by atoms with Gasteiger partial charge in [0.25, 0.3) is 5.56 Å². The highest BCUT2D eigenvalue weighted by Gasteiger charge is 2.32. The van der Waals surface area contributed by atoms with Crippen molar-refractivity contribution in [1.82, 2.24) is 19.9 Å². The molecule has 10 heteroatoms. The van der Waals surface area contributed by atoms with Gasteiger partial charge >= 0.3 is 0 Å². The van der Waals surface area contributed by atoms with Crippen LogP contribution in [0.3, 0.4) is 0 Å². The summed E-state index contributed by atoms with van der Waals surface area (Å²) in [4.78, 5) is 26.1. The average Bonchev–Trinajstić information content (AvgIpc) is 2.82. The second-order valence-electron chi connectivity index (χ2n) is 8.95. The van der Waals surface area contributed by atoms with Gasteiger partial charge < -0.3 is 30.0 Å². The van der Waals surface area contributed by atoms with Gasteiger partial charge in [-0.3, -0.25) is 4.79 Å². The Labute approximate surface area is 207 Å². The van der Waals surface area contributed by atoms with Crippen LogP contribution in [0.1, 0.15) is 12.8 Å². The molecule has 36 heavy (non-hydrogen) atoms. The van der Waals surface area contributed by atoms with Crippen LogP contribution in [-0.4, -0.2) is 53.2 Å². The zero-order valence-corrected chi connectivity index (χ0v) is 20.2. The number of methoxy groups -OCH3 is 1. The molecule has 1 saturated carbocycles. The van der Waals surface area contributed by atoms with Crippen LogP contribution < -0.4 is 25.7 Å². The van der Waals surface area contributed by atoms with Crippen LogP contribution in [0.25, 0.3) is 10.9 Å². The molecule has 0 radical (unpaired) electrons. The van der Waals surface area contributed by atoms with Crippen molar-refractivity contribution in [3.05, 3.63) is 70.9 Å². The van der Waals surface area contributed by atoms with Crippen molar-refractivity contribution in [3.8, 4) is 11.5 Å². The molecule has 3 N–H and O–H groups in total. The fraction of sp³-hybridized carbons (Fsp3) is 0.269. The highest BCUT2D eigenvalue weighted by atomic mass is 19.1. The molecule has 0 saturated heterocycles. The number of halogens is 1. The van der Waals surface area contributed by atoms with Crippen LogP contribution in [0.4, 0.5) is 27.5 Å². The van der Waals surface area contributed by atoms with E-state index in [4.69, 9.17) is 9.47 Å². The molecule has 2 aromatic carbocycles. The molecule has 0 amide bonds. The molecular weight excluding hydrogens is 463 g/mol. The summed E-state index contributed by atoms with van der Waals surface area (Å²) < 4.78 is 25.1. The Kier molecular flexibility index (Phi) is 6.43. The molecule has 0 atom stereocenters. The Hall–Kier alpha value is -4.18. The Morgan fingerprint density at radius 2 is 1.89 bits per heavy atom. The summed E-state index contributed by atoms with van der Waals surface area (Å²) in [6, 6.07) is 13.6. The number of hydrogen-bond acceptors (Lipinski definition) is 8. The van der Waals surface area contributed by atoms with Gasteiger partial charge in [-0.1, -0.05) is 0 Å². The third-order valence-corrected chi connectivity index (χ3v) is 6.24. The third-order valence-electron chi connectivity index (χ3n) is 6.24. The lowest BCUT2D eigenvalue weighted by atomic mass is 9.88. The topological polar surface area (TPSA) is 104 Å². The van der Waals surface area contributed by atoms with E-state index in [1.54, 1.807) is 31.5 Å². The van der Waals surface area contributed by atoms with Crippen molar-refractivity contribution in [2.24, 2.45) is 0 Å². The van der Waals surface area contributed by atoms with Gasteiger partial charge in [0.1, 0.15) is 23.4 Å². The molecule has 5 rings (SSSR count). The summed E-state index contributed by atoms with van der Waals surface area (Å²) in [5.41, 5.74) is 1.05. The Balaban J connectivity index is 1.29. The summed E-state index contributed by atoms with van der Waals surface area (Å²) >= 11 is 0. The van der Waals surface area contributed by atoms with Gasteiger partial charge in [0.15, 0.2) is 11.5 Å². The minimum atomic E-state index is -0.414. The smallest absolute Gasteiger partial charge is 0.272 e. The molecular formula is C26H27FN6O3. The van der Waals surface area contributed by atoms with E-state index in [1.165, 1.54) is 12.1 Å². The molecule has 0 aliphatic heterocycles. The number of nitrogens with one attached hydrogen (secondary N) is 3. The maximum atomic E-state index is 13.4. The number of ether oxygens (including phenoxy) is 2. The van der Waals surface area contributed by atoms with E-state index >= 15 is 0 Å². The lowest BCUT2D eigenvalue weighted by Crippen LogP contribution is -2.46. The quantitative estimate of drug-likeness (QED) is 0.333. The third kappa shape index (κ3) is 5.08. The fourth-order valence-corrected chi connectivity index (χ4v) is 4.10. The number of anilines is 4. The van der Waals surface area contributed by atoms with Gasteiger partial charge in [0.2, 0.25) is 5.95 Å². The van der Waals surface area contributed by atoms with Gasteiger partial charge in [-0.05, 0) is 69.4 Å². The zero-order valence-electron chi connectivity index (χ0n) is 20.2. The summed E-state index contributed by atoms with van der Waals surface area (Å²) in [5.74, 6) is 1.65. The van der Waals surface area contributed by atoms with E-state index in [9.17, 15) is 9.18 Å². The first-order chi connectivity index (χ1) is 17.4. The standard InChI is InChI=1S/C26H27FN6O3/c1-33(2)18-13-19(14-18)36-22-7-6-17(12-23(22)35-3)29-26-28-9-8-24(32-26)30-21-10-15-4-5-16(27)11-20(15)31-25(21)34/h4-12,18-19H,13-14H2,1-3H3,(H,31,34)(H2,28,29,30,32). The van der Waals surface area contributed by atoms with Gasteiger partial charge in [-0.2, -0.15) is 4.98 Å². The van der Waals surface area contributed by atoms with E-state index in [0.29, 0.717) is 40.2 Å². The molecule has 2 aromatic heterocycles. The fourth-order valence-electron chi connectivity index (χ4n) is 4.10. The summed E-state index contributed by atoms with van der Waals surface area (Å²) in [5, 5.41) is 6.85. The van der Waals surface area contributed by atoms with Crippen LogP contribution >= 0.6 is 0 Å². The minimum absolute atomic E-state index is 0.175. The highest BCUT2D eigenvalue weighted by molar-refractivity contribution is 5.82. The van der Waals surface area contributed by atoms with E-state index in [-0.39, 0.29) is 17.4 Å². The Morgan fingerprint density at radius 3 is 2.67 bits per heavy atom. The van der Waals surface area contributed by atoms with Gasteiger partial charge in [0, 0.05) is 29.4 Å². The molecule has 186 valence electrons. The lowest BCUT2D eigenvalue weighted by molar-refractivity contribution is 0.0383. The number of pyridine rings is 1. The maximum Gasteiger partial charge on any atom is 0.272 e. The van der Waals surface area contributed by atoms with Crippen molar-refractivity contribution in [2.75, 3.05) is 31.8 Å². The molecule has 9 nitrogen and oxygen atoms in total. The number of hydrogen-bond donors (Lipinski definition) is 3. The molecule has 0 spiro atoms. The van der Waals surface area contributed by atoms with Crippen molar-refractivity contribution in [2.45, 2.75) is 25.0 Å². The minimum Gasteiger partial charge on any atom is -0.493 e.